The summed E-state index contributed by atoms with van der Waals surface area (Å²) in [6.45, 7) is 13.0. The quantitative estimate of drug-likeness (QED) is 0.792. The molecule has 2 atom stereocenters. The van der Waals surface area contributed by atoms with Crippen LogP contribution in [0.1, 0.15) is 57.7 Å². The second-order valence-corrected chi connectivity index (χ2v) is 6.71. The molecule has 20 heavy (non-hydrogen) atoms. The lowest BCUT2D eigenvalue weighted by atomic mass is 9.95. The number of ether oxygens (including phenoxy) is 1. The number of benzene rings is 1. The van der Waals surface area contributed by atoms with E-state index in [0.717, 1.165) is 24.8 Å². The molecule has 1 aromatic rings. The first-order chi connectivity index (χ1) is 9.49. The fourth-order valence-electron chi connectivity index (χ4n) is 3.04. The predicted octanol–water partition coefficient (Wildman–Crippen LogP) is 4.48. The number of rotatable bonds is 7. The number of nitrogens with one attached hydrogen (secondary N) is 1. The Labute approximate surface area is 123 Å². The van der Waals surface area contributed by atoms with E-state index in [9.17, 15) is 0 Å². The van der Waals surface area contributed by atoms with Gasteiger partial charge in [-0.2, -0.15) is 0 Å². The third kappa shape index (κ3) is 3.35. The van der Waals surface area contributed by atoms with Gasteiger partial charge in [0, 0.05) is 11.6 Å². The van der Waals surface area contributed by atoms with Gasteiger partial charge in [-0.1, -0.05) is 38.5 Å². The van der Waals surface area contributed by atoms with Crippen LogP contribution in [0.4, 0.5) is 0 Å². The van der Waals surface area contributed by atoms with Gasteiger partial charge in [0.25, 0.3) is 0 Å². The van der Waals surface area contributed by atoms with E-state index < -0.39 is 0 Å². The van der Waals surface area contributed by atoms with E-state index >= 15 is 0 Å². The van der Waals surface area contributed by atoms with Crippen molar-refractivity contribution in [2.45, 2.75) is 53.5 Å². The summed E-state index contributed by atoms with van der Waals surface area (Å²) in [6, 6.07) is 6.99. The van der Waals surface area contributed by atoms with Crippen molar-refractivity contribution in [2.24, 2.45) is 11.3 Å². The molecule has 0 heterocycles. The highest BCUT2D eigenvalue weighted by Crippen LogP contribution is 2.58. The van der Waals surface area contributed by atoms with Crippen LogP contribution in [0.3, 0.4) is 0 Å². The smallest absolute Gasteiger partial charge is 0.124 e. The molecule has 0 spiro atoms. The highest BCUT2D eigenvalue weighted by Gasteiger charge is 2.50. The number of hydrogen-bond donors (Lipinski definition) is 1. The average molecular weight is 275 g/mol. The standard InChI is InChI=1S/C18H29NO/c1-6-10-19-17(15-12-18(15,4)5)14-11-13(3)8-9-16(14)20-7-2/h8-9,11,15,17,19H,6-7,10,12H2,1-5H3. The van der Waals surface area contributed by atoms with E-state index in [0.29, 0.717) is 11.5 Å². The van der Waals surface area contributed by atoms with Crippen molar-refractivity contribution < 1.29 is 4.74 Å². The summed E-state index contributed by atoms with van der Waals surface area (Å²) in [5.41, 5.74) is 3.11. The van der Waals surface area contributed by atoms with Gasteiger partial charge in [0.2, 0.25) is 0 Å². The second-order valence-electron chi connectivity index (χ2n) is 6.71. The van der Waals surface area contributed by atoms with Crippen LogP contribution in [-0.2, 0) is 0 Å². The first-order valence-corrected chi connectivity index (χ1v) is 7.96. The van der Waals surface area contributed by atoms with Crippen LogP contribution in [0.5, 0.6) is 5.75 Å². The van der Waals surface area contributed by atoms with Crippen LogP contribution in [0.15, 0.2) is 18.2 Å². The Balaban J connectivity index is 2.29. The molecule has 2 heteroatoms. The molecule has 112 valence electrons. The van der Waals surface area contributed by atoms with Crippen molar-refractivity contribution in [3.8, 4) is 5.75 Å². The van der Waals surface area contributed by atoms with Gasteiger partial charge < -0.3 is 10.1 Å². The molecule has 1 fully saturated rings. The monoisotopic (exact) mass is 275 g/mol. The minimum Gasteiger partial charge on any atom is -0.494 e. The number of hydrogen-bond acceptors (Lipinski definition) is 2. The zero-order valence-corrected chi connectivity index (χ0v) is 13.6. The maximum absolute atomic E-state index is 5.86. The van der Waals surface area contributed by atoms with Crippen LogP contribution in [0.25, 0.3) is 0 Å². The second kappa shape index (κ2) is 6.17. The van der Waals surface area contributed by atoms with E-state index in [1.807, 2.05) is 0 Å². The molecule has 1 saturated carbocycles. The van der Waals surface area contributed by atoms with Crippen molar-refractivity contribution in [3.05, 3.63) is 29.3 Å². The molecule has 0 bridgehead atoms. The molecular weight excluding hydrogens is 246 g/mol. The van der Waals surface area contributed by atoms with Crippen molar-refractivity contribution in [1.82, 2.24) is 5.32 Å². The molecule has 0 radical (unpaired) electrons. The SMILES string of the molecule is CCCNC(c1cc(C)ccc1OCC)C1CC1(C)C. The summed E-state index contributed by atoms with van der Waals surface area (Å²) in [5, 5.41) is 3.75. The van der Waals surface area contributed by atoms with Crippen LogP contribution in [-0.4, -0.2) is 13.2 Å². The van der Waals surface area contributed by atoms with Gasteiger partial charge in [-0.3, -0.25) is 0 Å². The molecule has 1 aliphatic rings. The minimum atomic E-state index is 0.423. The Hall–Kier alpha value is -1.02. The molecule has 0 aromatic heterocycles. The molecule has 1 N–H and O–H groups in total. The molecule has 2 unspecified atom stereocenters. The Morgan fingerprint density at radius 3 is 2.60 bits per heavy atom. The lowest BCUT2D eigenvalue weighted by Gasteiger charge is -2.24. The molecule has 1 aromatic carbocycles. The molecule has 2 rings (SSSR count). The Morgan fingerprint density at radius 2 is 2.05 bits per heavy atom. The highest BCUT2D eigenvalue weighted by atomic mass is 16.5. The molecule has 0 aliphatic heterocycles. The van der Waals surface area contributed by atoms with E-state index in [-0.39, 0.29) is 0 Å². The summed E-state index contributed by atoms with van der Waals surface area (Å²) < 4.78 is 5.86. The number of aryl methyl sites for hydroxylation is 1. The lowest BCUT2D eigenvalue weighted by Crippen LogP contribution is -2.26. The van der Waals surface area contributed by atoms with Crippen LogP contribution < -0.4 is 10.1 Å². The van der Waals surface area contributed by atoms with Crippen molar-refractivity contribution >= 4 is 0 Å². The third-order valence-corrected chi connectivity index (χ3v) is 4.41. The first-order valence-electron chi connectivity index (χ1n) is 7.96. The van der Waals surface area contributed by atoms with Gasteiger partial charge in [-0.05, 0) is 50.6 Å². The molecule has 2 nitrogen and oxygen atoms in total. The largest absolute Gasteiger partial charge is 0.494 e. The van der Waals surface area contributed by atoms with Crippen molar-refractivity contribution in [2.75, 3.05) is 13.2 Å². The zero-order chi connectivity index (χ0) is 14.8. The molecular formula is C18H29NO. The summed E-state index contributed by atoms with van der Waals surface area (Å²) in [4.78, 5) is 0. The van der Waals surface area contributed by atoms with Crippen LogP contribution in [0, 0.1) is 18.3 Å². The normalized spacial score (nSPS) is 21.6. The van der Waals surface area contributed by atoms with Crippen LogP contribution in [0.2, 0.25) is 0 Å². The zero-order valence-electron chi connectivity index (χ0n) is 13.6. The Bertz CT molecular complexity index is 453. The van der Waals surface area contributed by atoms with Gasteiger partial charge in [0.15, 0.2) is 0 Å². The lowest BCUT2D eigenvalue weighted by molar-refractivity contribution is 0.324. The average Bonchev–Trinajstić information content (AvgIpc) is 3.02. The first kappa shape index (κ1) is 15.4. The summed E-state index contributed by atoms with van der Waals surface area (Å²) in [6.07, 6.45) is 2.47. The Kier molecular flexibility index (Phi) is 4.74. The maximum Gasteiger partial charge on any atom is 0.124 e. The van der Waals surface area contributed by atoms with Gasteiger partial charge in [-0.15, -0.1) is 0 Å². The van der Waals surface area contributed by atoms with Gasteiger partial charge in [-0.25, -0.2) is 0 Å². The van der Waals surface area contributed by atoms with Gasteiger partial charge in [0.05, 0.1) is 6.61 Å². The summed E-state index contributed by atoms with van der Waals surface area (Å²) >= 11 is 0. The molecule has 1 aliphatic carbocycles. The third-order valence-electron chi connectivity index (χ3n) is 4.41. The van der Waals surface area contributed by atoms with E-state index in [1.54, 1.807) is 0 Å². The van der Waals surface area contributed by atoms with E-state index in [4.69, 9.17) is 4.74 Å². The van der Waals surface area contributed by atoms with E-state index in [2.05, 4.69) is 58.1 Å². The summed E-state index contributed by atoms with van der Waals surface area (Å²) in [7, 11) is 0. The van der Waals surface area contributed by atoms with Crippen molar-refractivity contribution in [1.29, 1.82) is 0 Å². The molecule has 0 amide bonds. The van der Waals surface area contributed by atoms with E-state index in [1.165, 1.54) is 24.0 Å². The minimum absolute atomic E-state index is 0.423. The Morgan fingerprint density at radius 1 is 1.35 bits per heavy atom. The predicted molar refractivity (Wildman–Crippen MR) is 85.3 cm³/mol. The fourth-order valence-corrected chi connectivity index (χ4v) is 3.04. The maximum atomic E-state index is 5.86. The van der Waals surface area contributed by atoms with Gasteiger partial charge in [0.1, 0.15) is 5.75 Å². The fraction of sp³-hybridized carbons (Fsp3) is 0.667. The van der Waals surface area contributed by atoms with Crippen molar-refractivity contribution in [3.63, 3.8) is 0 Å². The summed E-state index contributed by atoms with van der Waals surface area (Å²) in [5.74, 6) is 1.77. The van der Waals surface area contributed by atoms with Gasteiger partial charge >= 0.3 is 0 Å². The highest BCUT2D eigenvalue weighted by molar-refractivity contribution is 5.40. The van der Waals surface area contributed by atoms with Crippen LogP contribution >= 0.6 is 0 Å². The molecule has 0 saturated heterocycles. The topological polar surface area (TPSA) is 21.3 Å².